The van der Waals surface area contributed by atoms with Crippen molar-refractivity contribution in [3.8, 4) is 0 Å². The lowest BCUT2D eigenvalue weighted by molar-refractivity contribution is -0.337. The van der Waals surface area contributed by atoms with Crippen LogP contribution < -0.4 is 0 Å². The largest absolute Gasteiger partial charge is 0.394 e. The second-order valence-corrected chi connectivity index (χ2v) is 10.8. The molecule has 3 aromatic rings. The van der Waals surface area contributed by atoms with E-state index in [1.54, 1.807) is 6.20 Å². The molecule has 4 heterocycles. The van der Waals surface area contributed by atoms with Crippen molar-refractivity contribution >= 4 is 11.2 Å². The fourth-order valence-corrected chi connectivity index (χ4v) is 6.22. The number of alkyl halides is 3. The Morgan fingerprint density at radius 3 is 2.59 bits per heavy atom. The molecule has 34 heavy (non-hydrogen) atoms. The van der Waals surface area contributed by atoms with E-state index in [-0.39, 0.29) is 31.3 Å². The molecule has 0 N–H and O–H groups in total. The van der Waals surface area contributed by atoms with Crippen LogP contribution in [0.2, 0.25) is 0 Å². The van der Waals surface area contributed by atoms with Crippen molar-refractivity contribution in [2.24, 2.45) is 5.41 Å². The summed E-state index contributed by atoms with van der Waals surface area (Å²) in [6.45, 7) is 2.41. The van der Waals surface area contributed by atoms with E-state index in [4.69, 9.17) is 14.7 Å². The van der Waals surface area contributed by atoms with E-state index in [0.29, 0.717) is 41.8 Å². The Bertz CT molecular complexity index is 1280. The van der Waals surface area contributed by atoms with Crippen LogP contribution in [0.1, 0.15) is 85.8 Å². The monoisotopic (exact) mass is 470 g/mol. The van der Waals surface area contributed by atoms with E-state index in [1.807, 2.05) is 17.8 Å². The molecule has 1 aliphatic heterocycles. The maximum atomic E-state index is 13.5. The van der Waals surface area contributed by atoms with Gasteiger partial charge in [-0.2, -0.15) is 18.3 Å². The number of fused-ring (bicyclic) bond motifs is 1. The summed E-state index contributed by atoms with van der Waals surface area (Å²) in [4.78, 5) is 18.8. The highest BCUT2D eigenvalue weighted by Gasteiger charge is 2.79. The van der Waals surface area contributed by atoms with Gasteiger partial charge in [-0.3, -0.25) is 4.68 Å². The van der Waals surface area contributed by atoms with Crippen LogP contribution in [0.5, 0.6) is 0 Å². The van der Waals surface area contributed by atoms with Gasteiger partial charge in [0.25, 0.3) is 0 Å². The molecular weight excluding hydrogens is 445 g/mol. The van der Waals surface area contributed by atoms with Crippen LogP contribution in [0, 0.1) is 12.3 Å². The standard InChI is InChI=1S/C24H25F3N6O/c1-13-7-28-18-19(22-10-23(11-22,12-22)24(25,26)27)31-20(32-21(18)30-13)14-4-5-34-17(6-14)15-8-29-33(9-15)16-2-3-16/h7-9,14,16-17H,2-6,10-12H2,1H3/t14-,17+,22?,23?/m0/s1. The summed E-state index contributed by atoms with van der Waals surface area (Å²) < 4.78 is 48.7. The predicted molar refractivity (Wildman–Crippen MR) is 115 cm³/mol. The van der Waals surface area contributed by atoms with Crippen LogP contribution in [-0.4, -0.2) is 42.5 Å². The van der Waals surface area contributed by atoms with E-state index in [9.17, 15) is 13.2 Å². The molecule has 2 bridgehead atoms. The van der Waals surface area contributed by atoms with Gasteiger partial charge in [-0.05, 0) is 51.9 Å². The Labute approximate surface area is 194 Å². The van der Waals surface area contributed by atoms with E-state index in [1.165, 1.54) is 12.8 Å². The molecule has 0 aromatic carbocycles. The number of hydrogen-bond donors (Lipinski definition) is 0. The quantitative estimate of drug-likeness (QED) is 0.541. The van der Waals surface area contributed by atoms with Gasteiger partial charge in [-0.15, -0.1) is 0 Å². The number of rotatable bonds is 4. The minimum Gasteiger partial charge on any atom is -0.373 e. The topological polar surface area (TPSA) is 78.6 Å². The second-order valence-electron chi connectivity index (χ2n) is 10.8. The predicted octanol–water partition coefficient (Wildman–Crippen LogP) is 4.88. The highest BCUT2D eigenvalue weighted by molar-refractivity contribution is 5.75. The molecule has 0 unspecified atom stereocenters. The highest BCUT2D eigenvalue weighted by atomic mass is 19.4. The van der Waals surface area contributed by atoms with Gasteiger partial charge in [0.1, 0.15) is 11.3 Å². The van der Waals surface area contributed by atoms with Gasteiger partial charge in [0, 0.05) is 35.9 Å². The van der Waals surface area contributed by atoms with Gasteiger partial charge in [-0.1, -0.05) is 0 Å². The summed E-state index contributed by atoms with van der Waals surface area (Å²) in [5, 5.41) is 4.49. The normalized spacial score (nSPS) is 32.9. The van der Waals surface area contributed by atoms with E-state index in [0.717, 1.165) is 17.7 Å². The number of hydrogen-bond acceptors (Lipinski definition) is 6. The summed E-state index contributed by atoms with van der Waals surface area (Å²) in [6.07, 6.45) is 5.39. The minimum absolute atomic E-state index is 0.0393. The summed E-state index contributed by atoms with van der Waals surface area (Å²) in [5.41, 5.74) is 1.34. The molecule has 8 rings (SSSR count). The zero-order valence-electron chi connectivity index (χ0n) is 18.8. The SMILES string of the molecule is Cc1cnc2c(C34CC(C(F)(F)F)(C3)C4)nc([C@H]3CCO[C@@H](c4cnn(C5CC5)c4)C3)nc2n1. The number of aryl methyl sites for hydroxylation is 1. The lowest BCUT2D eigenvalue weighted by atomic mass is 9.34. The van der Waals surface area contributed by atoms with Gasteiger partial charge >= 0.3 is 6.18 Å². The average molecular weight is 470 g/mol. The minimum atomic E-state index is -4.17. The lowest BCUT2D eigenvalue weighted by Crippen LogP contribution is -2.70. The average Bonchev–Trinajstić information content (AvgIpc) is 3.47. The smallest absolute Gasteiger partial charge is 0.373 e. The maximum absolute atomic E-state index is 13.5. The first-order chi connectivity index (χ1) is 16.3. The van der Waals surface area contributed by atoms with Crippen molar-refractivity contribution in [2.45, 2.75) is 81.5 Å². The Morgan fingerprint density at radius 2 is 1.85 bits per heavy atom. The highest BCUT2D eigenvalue weighted by Crippen LogP contribution is 2.78. The molecule has 0 radical (unpaired) electrons. The zero-order chi connectivity index (χ0) is 23.3. The van der Waals surface area contributed by atoms with Crippen molar-refractivity contribution in [1.82, 2.24) is 29.7 Å². The van der Waals surface area contributed by atoms with Crippen LogP contribution in [-0.2, 0) is 10.2 Å². The van der Waals surface area contributed by atoms with Crippen molar-refractivity contribution in [3.63, 3.8) is 0 Å². The van der Waals surface area contributed by atoms with Gasteiger partial charge in [-0.25, -0.2) is 19.9 Å². The van der Waals surface area contributed by atoms with Crippen LogP contribution in [0.3, 0.4) is 0 Å². The Hall–Kier alpha value is -2.62. The molecule has 3 aromatic heterocycles. The van der Waals surface area contributed by atoms with Crippen molar-refractivity contribution in [1.29, 1.82) is 0 Å². The van der Waals surface area contributed by atoms with Crippen LogP contribution >= 0.6 is 0 Å². The number of halogens is 3. The maximum Gasteiger partial charge on any atom is 0.394 e. The van der Waals surface area contributed by atoms with Crippen LogP contribution in [0.4, 0.5) is 13.2 Å². The molecule has 10 heteroatoms. The Morgan fingerprint density at radius 1 is 1.06 bits per heavy atom. The summed E-state index contributed by atoms with van der Waals surface area (Å²) >= 11 is 0. The number of nitrogens with zero attached hydrogens (tertiary/aromatic N) is 6. The third-order valence-electron chi connectivity index (χ3n) is 8.24. The molecule has 2 atom stereocenters. The van der Waals surface area contributed by atoms with Crippen molar-refractivity contribution < 1.29 is 17.9 Å². The number of aromatic nitrogens is 6. The molecule has 4 aliphatic carbocycles. The molecule has 1 saturated heterocycles. The van der Waals surface area contributed by atoms with Gasteiger partial charge in [0.05, 0.1) is 35.1 Å². The molecule has 5 aliphatic rings. The first kappa shape index (κ1) is 20.7. The fraction of sp³-hybridized carbons (Fsp3) is 0.625. The fourth-order valence-electron chi connectivity index (χ4n) is 6.22. The van der Waals surface area contributed by atoms with E-state index in [2.05, 4.69) is 21.3 Å². The Balaban J connectivity index is 1.22. The van der Waals surface area contributed by atoms with Gasteiger partial charge in [0.2, 0.25) is 0 Å². The molecular formula is C24H25F3N6O. The molecule has 4 saturated carbocycles. The lowest BCUT2D eigenvalue weighted by Gasteiger charge is -2.70. The zero-order valence-corrected chi connectivity index (χ0v) is 18.8. The van der Waals surface area contributed by atoms with Crippen LogP contribution in [0.15, 0.2) is 18.6 Å². The molecule has 7 nitrogen and oxygen atoms in total. The summed E-state index contributed by atoms with van der Waals surface area (Å²) in [7, 11) is 0. The van der Waals surface area contributed by atoms with Crippen LogP contribution in [0.25, 0.3) is 11.2 Å². The summed E-state index contributed by atoms with van der Waals surface area (Å²) in [5.74, 6) is 0.688. The number of ether oxygens (including phenoxy) is 1. The second kappa shape index (κ2) is 6.74. The van der Waals surface area contributed by atoms with Gasteiger partial charge < -0.3 is 4.74 Å². The molecule has 178 valence electrons. The summed E-state index contributed by atoms with van der Waals surface area (Å²) in [6, 6.07) is 0.509. The third-order valence-corrected chi connectivity index (χ3v) is 8.24. The molecule has 5 fully saturated rings. The molecule has 0 amide bonds. The first-order valence-corrected chi connectivity index (χ1v) is 12.0. The van der Waals surface area contributed by atoms with Crippen molar-refractivity contribution in [2.75, 3.05) is 6.61 Å². The molecule has 0 spiro atoms. The van der Waals surface area contributed by atoms with E-state index >= 15 is 0 Å². The van der Waals surface area contributed by atoms with Gasteiger partial charge in [0.15, 0.2) is 5.65 Å². The third kappa shape index (κ3) is 2.96. The van der Waals surface area contributed by atoms with E-state index < -0.39 is 17.0 Å². The van der Waals surface area contributed by atoms with Crippen molar-refractivity contribution in [3.05, 3.63) is 41.4 Å². The Kier molecular flexibility index (Phi) is 4.11. The first-order valence-electron chi connectivity index (χ1n) is 12.0.